The van der Waals surface area contributed by atoms with Crippen LogP contribution in [0.5, 0.6) is 5.75 Å². The predicted octanol–water partition coefficient (Wildman–Crippen LogP) is 3.04. The van der Waals surface area contributed by atoms with Gasteiger partial charge in [0.1, 0.15) is 5.75 Å². The van der Waals surface area contributed by atoms with Crippen LogP contribution in [0.4, 0.5) is 4.79 Å². The first-order chi connectivity index (χ1) is 12.8. The molecule has 0 saturated heterocycles. The fourth-order valence-corrected chi connectivity index (χ4v) is 2.76. The first kappa shape index (κ1) is 20.7. The summed E-state index contributed by atoms with van der Waals surface area (Å²) in [6, 6.07) is 6.14. The molecule has 1 aliphatic rings. The van der Waals surface area contributed by atoms with Crippen LogP contribution in [0.3, 0.4) is 0 Å². The molecule has 2 N–H and O–H groups in total. The third-order valence-electron chi connectivity index (χ3n) is 4.23. The van der Waals surface area contributed by atoms with Crippen molar-refractivity contribution in [2.45, 2.75) is 58.6 Å². The molecule has 0 bridgehead atoms. The zero-order valence-corrected chi connectivity index (χ0v) is 16.1. The largest absolute Gasteiger partial charge is 0.493 e. The maximum absolute atomic E-state index is 12.3. The minimum atomic E-state index is -1.09. The predicted molar refractivity (Wildman–Crippen MR) is 101 cm³/mol. The number of nitrogens with one attached hydrogen (secondary N) is 2. The van der Waals surface area contributed by atoms with Crippen molar-refractivity contribution in [3.8, 4) is 5.75 Å². The van der Waals surface area contributed by atoms with E-state index in [1.807, 2.05) is 13.8 Å². The van der Waals surface area contributed by atoms with Gasteiger partial charge in [-0.05, 0) is 43.9 Å². The molecule has 0 aromatic heterocycles. The van der Waals surface area contributed by atoms with Gasteiger partial charge in [0.25, 0.3) is 5.91 Å². The molecule has 0 heterocycles. The molecule has 1 fully saturated rings. The number of carbonyl (C=O) groups excluding carboxylic acids is 3. The van der Waals surface area contributed by atoms with Gasteiger partial charge in [0, 0.05) is 6.04 Å². The maximum atomic E-state index is 12.3. The smallest absolute Gasteiger partial charge is 0.339 e. The van der Waals surface area contributed by atoms with Crippen LogP contribution in [0.15, 0.2) is 24.3 Å². The zero-order chi connectivity index (χ0) is 19.8. The number of esters is 1. The van der Waals surface area contributed by atoms with Crippen LogP contribution in [-0.2, 0) is 9.53 Å². The minimum Gasteiger partial charge on any atom is -0.493 e. The monoisotopic (exact) mass is 376 g/mol. The maximum Gasteiger partial charge on any atom is 0.339 e. The van der Waals surface area contributed by atoms with Gasteiger partial charge >= 0.3 is 12.0 Å². The number of imide groups is 1. The van der Waals surface area contributed by atoms with E-state index in [9.17, 15) is 14.4 Å². The Bertz CT molecular complexity index is 668. The van der Waals surface area contributed by atoms with E-state index >= 15 is 0 Å². The van der Waals surface area contributed by atoms with Crippen molar-refractivity contribution in [2.75, 3.05) is 6.61 Å². The Morgan fingerprint density at radius 3 is 2.52 bits per heavy atom. The van der Waals surface area contributed by atoms with Crippen LogP contribution < -0.4 is 15.4 Å². The van der Waals surface area contributed by atoms with E-state index in [1.165, 1.54) is 6.92 Å². The number of urea groups is 1. The van der Waals surface area contributed by atoms with Crippen molar-refractivity contribution < 1.29 is 23.9 Å². The van der Waals surface area contributed by atoms with Crippen molar-refractivity contribution in [2.24, 2.45) is 5.92 Å². The van der Waals surface area contributed by atoms with E-state index < -0.39 is 24.0 Å². The summed E-state index contributed by atoms with van der Waals surface area (Å²) in [6.45, 7) is 6.02. The third kappa shape index (κ3) is 6.92. The van der Waals surface area contributed by atoms with Crippen LogP contribution in [0.25, 0.3) is 0 Å². The van der Waals surface area contributed by atoms with Gasteiger partial charge < -0.3 is 14.8 Å². The number of benzene rings is 1. The van der Waals surface area contributed by atoms with Crippen LogP contribution >= 0.6 is 0 Å². The number of rotatable bonds is 7. The van der Waals surface area contributed by atoms with Gasteiger partial charge in [-0.1, -0.05) is 32.8 Å². The van der Waals surface area contributed by atoms with Crippen LogP contribution in [0, 0.1) is 5.92 Å². The molecule has 7 heteroatoms. The standard InChI is InChI=1S/C20H28N2O5/c1-13(2)12-26-17-10-6-7-15(11-17)19(24)27-14(3)18(23)22-20(25)21-16-8-4-5-9-16/h6-7,10-11,13-14,16H,4-5,8-9,12H2,1-3H3,(H2,21,22,23,25). The Kier molecular flexibility index (Phi) is 7.64. The second kappa shape index (κ2) is 9.94. The third-order valence-corrected chi connectivity index (χ3v) is 4.23. The number of hydrogen-bond acceptors (Lipinski definition) is 5. The van der Waals surface area contributed by atoms with Gasteiger partial charge in [0.2, 0.25) is 0 Å². The van der Waals surface area contributed by atoms with Crippen LogP contribution in [0.2, 0.25) is 0 Å². The van der Waals surface area contributed by atoms with Gasteiger partial charge in [-0.2, -0.15) is 0 Å². The molecule has 1 unspecified atom stereocenters. The quantitative estimate of drug-likeness (QED) is 0.714. The molecule has 148 valence electrons. The van der Waals surface area contributed by atoms with Gasteiger partial charge in [-0.15, -0.1) is 0 Å². The van der Waals surface area contributed by atoms with E-state index in [0.29, 0.717) is 18.3 Å². The van der Waals surface area contributed by atoms with Crippen molar-refractivity contribution in [3.05, 3.63) is 29.8 Å². The normalized spacial score (nSPS) is 15.3. The summed E-state index contributed by atoms with van der Waals surface area (Å²) in [6.07, 6.45) is 2.90. The summed E-state index contributed by atoms with van der Waals surface area (Å²) < 4.78 is 10.7. The highest BCUT2D eigenvalue weighted by Gasteiger charge is 2.23. The Morgan fingerprint density at radius 1 is 1.15 bits per heavy atom. The average Bonchev–Trinajstić information content (AvgIpc) is 3.12. The summed E-state index contributed by atoms with van der Waals surface area (Å²) in [7, 11) is 0. The highest BCUT2D eigenvalue weighted by molar-refractivity contribution is 5.98. The Balaban J connectivity index is 1.83. The molecule has 1 saturated carbocycles. The van der Waals surface area contributed by atoms with E-state index in [2.05, 4.69) is 10.6 Å². The molecule has 1 aliphatic carbocycles. The SMILES string of the molecule is CC(C)COc1cccc(C(=O)OC(C)C(=O)NC(=O)NC2CCCC2)c1. The molecule has 1 aromatic carbocycles. The lowest BCUT2D eigenvalue weighted by Gasteiger charge is -2.16. The second-order valence-corrected chi connectivity index (χ2v) is 7.22. The summed E-state index contributed by atoms with van der Waals surface area (Å²) >= 11 is 0. The lowest BCUT2D eigenvalue weighted by molar-refractivity contribution is -0.127. The van der Waals surface area contributed by atoms with E-state index in [-0.39, 0.29) is 11.6 Å². The Morgan fingerprint density at radius 2 is 1.85 bits per heavy atom. The highest BCUT2D eigenvalue weighted by atomic mass is 16.5. The summed E-state index contributed by atoms with van der Waals surface area (Å²) in [5, 5.41) is 4.97. The highest BCUT2D eigenvalue weighted by Crippen LogP contribution is 2.17. The van der Waals surface area contributed by atoms with Crippen LogP contribution in [-0.4, -0.2) is 36.7 Å². The lowest BCUT2D eigenvalue weighted by Crippen LogP contribution is -2.47. The number of hydrogen-bond donors (Lipinski definition) is 2. The average molecular weight is 376 g/mol. The molecule has 0 radical (unpaired) electrons. The zero-order valence-electron chi connectivity index (χ0n) is 16.1. The van der Waals surface area contributed by atoms with Crippen molar-refractivity contribution in [1.82, 2.24) is 10.6 Å². The number of carbonyl (C=O) groups is 3. The first-order valence-corrected chi connectivity index (χ1v) is 9.40. The molecular formula is C20H28N2O5. The van der Waals surface area contributed by atoms with Gasteiger partial charge in [-0.25, -0.2) is 9.59 Å². The minimum absolute atomic E-state index is 0.101. The number of amides is 3. The first-order valence-electron chi connectivity index (χ1n) is 9.40. The van der Waals surface area contributed by atoms with E-state index in [0.717, 1.165) is 25.7 Å². The van der Waals surface area contributed by atoms with Gasteiger partial charge in [-0.3, -0.25) is 10.1 Å². The second-order valence-electron chi connectivity index (χ2n) is 7.22. The molecule has 0 spiro atoms. The Hall–Kier alpha value is -2.57. The fraction of sp³-hybridized carbons (Fsp3) is 0.550. The molecule has 3 amide bonds. The van der Waals surface area contributed by atoms with Gasteiger partial charge in [0.15, 0.2) is 6.10 Å². The van der Waals surface area contributed by atoms with Crippen LogP contribution in [0.1, 0.15) is 56.8 Å². The molecule has 1 atom stereocenters. The summed E-state index contributed by atoms with van der Waals surface area (Å²) in [4.78, 5) is 36.2. The topological polar surface area (TPSA) is 93.7 Å². The van der Waals surface area contributed by atoms with Crippen molar-refractivity contribution in [3.63, 3.8) is 0 Å². The van der Waals surface area contributed by atoms with Crippen molar-refractivity contribution >= 4 is 17.9 Å². The summed E-state index contributed by atoms with van der Waals surface area (Å²) in [5.74, 6) is -0.388. The van der Waals surface area contributed by atoms with E-state index in [4.69, 9.17) is 9.47 Å². The lowest BCUT2D eigenvalue weighted by atomic mass is 10.2. The molecule has 0 aliphatic heterocycles. The Labute approximate surface area is 159 Å². The van der Waals surface area contributed by atoms with Crippen molar-refractivity contribution in [1.29, 1.82) is 0 Å². The molecule has 2 rings (SSSR count). The molecule has 1 aromatic rings. The van der Waals surface area contributed by atoms with E-state index in [1.54, 1.807) is 24.3 Å². The summed E-state index contributed by atoms with van der Waals surface area (Å²) in [5.41, 5.74) is 0.284. The molecular weight excluding hydrogens is 348 g/mol. The fourth-order valence-electron chi connectivity index (χ4n) is 2.76. The molecule has 27 heavy (non-hydrogen) atoms. The number of ether oxygens (including phenoxy) is 2. The van der Waals surface area contributed by atoms with Gasteiger partial charge in [0.05, 0.1) is 12.2 Å². The molecule has 7 nitrogen and oxygen atoms in total.